The Balaban J connectivity index is 0. The van der Waals surface area contributed by atoms with Crippen LogP contribution < -0.4 is 5.73 Å². The van der Waals surface area contributed by atoms with E-state index in [4.69, 9.17) is 11.1 Å². The zero-order valence-corrected chi connectivity index (χ0v) is 10.7. The van der Waals surface area contributed by atoms with Crippen molar-refractivity contribution in [3.05, 3.63) is 0 Å². The lowest BCUT2D eigenvalue weighted by atomic mass is 10.4. The number of halogens is 1. The average molecular weight is 273 g/mol. The maximum absolute atomic E-state index is 6.94. The molecule has 0 heterocycles. The molecule has 0 bridgehead atoms. The van der Waals surface area contributed by atoms with Gasteiger partial charge in [-0.2, -0.15) is 11.8 Å². The highest BCUT2D eigenvalue weighted by Crippen LogP contribution is 2.08. The number of amidine groups is 1. The average Bonchev–Trinajstić information content (AvgIpc) is 1.96. The SMILES string of the molecule is Br.CCCCSCCSC(=N)N. The van der Waals surface area contributed by atoms with E-state index in [-0.39, 0.29) is 22.1 Å². The van der Waals surface area contributed by atoms with Gasteiger partial charge in [-0.25, -0.2) is 0 Å². The highest BCUT2D eigenvalue weighted by atomic mass is 79.9. The topological polar surface area (TPSA) is 49.9 Å². The molecule has 74 valence electrons. The minimum atomic E-state index is 0. The first-order chi connectivity index (χ1) is 5.27. The van der Waals surface area contributed by atoms with E-state index < -0.39 is 0 Å². The lowest BCUT2D eigenvalue weighted by Gasteiger charge is -1.98. The largest absolute Gasteiger partial charge is 0.379 e. The summed E-state index contributed by atoms with van der Waals surface area (Å²) in [5.41, 5.74) is 5.17. The Morgan fingerprint density at radius 2 is 2.00 bits per heavy atom. The van der Waals surface area contributed by atoms with Crippen molar-refractivity contribution in [3.63, 3.8) is 0 Å². The molecule has 3 N–H and O–H groups in total. The molecule has 0 saturated carbocycles. The zero-order chi connectivity index (χ0) is 8.53. The van der Waals surface area contributed by atoms with Crippen LogP contribution in [0.2, 0.25) is 0 Å². The molecule has 0 radical (unpaired) electrons. The first-order valence-corrected chi connectivity index (χ1v) is 5.96. The highest BCUT2D eigenvalue weighted by molar-refractivity contribution is 8.93. The Morgan fingerprint density at radius 3 is 2.50 bits per heavy atom. The van der Waals surface area contributed by atoms with Gasteiger partial charge >= 0.3 is 0 Å². The molecular formula is C7H17BrN2S2. The van der Waals surface area contributed by atoms with Crippen LogP contribution in [0.1, 0.15) is 19.8 Å². The van der Waals surface area contributed by atoms with Crippen LogP contribution in [0.4, 0.5) is 0 Å². The molecule has 0 aromatic rings. The summed E-state index contributed by atoms with van der Waals surface area (Å²) in [6.07, 6.45) is 2.57. The van der Waals surface area contributed by atoms with Gasteiger partial charge in [0.1, 0.15) is 0 Å². The smallest absolute Gasteiger partial charge is 0.151 e. The van der Waals surface area contributed by atoms with Gasteiger partial charge in [-0.05, 0) is 12.2 Å². The Labute approximate surface area is 93.7 Å². The molecule has 2 nitrogen and oxygen atoms in total. The maximum Gasteiger partial charge on any atom is 0.151 e. The Bertz CT molecular complexity index is 112. The third kappa shape index (κ3) is 13.3. The van der Waals surface area contributed by atoms with Gasteiger partial charge in [-0.15, -0.1) is 17.0 Å². The summed E-state index contributed by atoms with van der Waals surface area (Å²) in [7, 11) is 0. The molecule has 0 saturated heterocycles. The summed E-state index contributed by atoms with van der Waals surface area (Å²) >= 11 is 3.38. The Morgan fingerprint density at radius 1 is 1.33 bits per heavy atom. The second-order valence-corrected chi connectivity index (χ2v) is 4.54. The molecule has 0 spiro atoms. The molecule has 5 heteroatoms. The second kappa shape index (κ2) is 11.6. The molecule has 12 heavy (non-hydrogen) atoms. The minimum absolute atomic E-state index is 0. The molecule has 0 fully saturated rings. The van der Waals surface area contributed by atoms with E-state index >= 15 is 0 Å². The normalized spacial score (nSPS) is 9.08. The lowest BCUT2D eigenvalue weighted by molar-refractivity contribution is 0.896. The van der Waals surface area contributed by atoms with E-state index in [1.807, 2.05) is 11.8 Å². The van der Waals surface area contributed by atoms with Crippen molar-refractivity contribution in [2.75, 3.05) is 17.3 Å². The standard InChI is InChI=1S/C7H16N2S2.BrH/c1-2-3-4-10-5-6-11-7(8)9;/h2-6H2,1H3,(H3,8,9);1H. The molecule has 0 aromatic carbocycles. The molecule has 0 unspecified atom stereocenters. The zero-order valence-electron chi connectivity index (χ0n) is 7.34. The lowest BCUT2D eigenvalue weighted by Crippen LogP contribution is -2.05. The molecule has 0 aromatic heterocycles. The highest BCUT2D eigenvalue weighted by Gasteiger charge is 1.91. The van der Waals surface area contributed by atoms with Gasteiger partial charge in [-0.3, -0.25) is 5.41 Å². The van der Waals surface area contributed by atoms with Gasteiger partial charge in [-0.1, -0.05) is 25.1 Å². The van der Waals surface area contributed by atoms with Crippen LogP contribution in [-0.2, 0) is 0 Å². The van der Waals surface area contributed by atoms with Crippen LogP contribution in [0.5, 0.6) is 0 Å². The Hall–Kier alpha value is 0.650. The fraction of sp³-hybridized carbons (Fsp3) is 0.857. The van der Waals surface area contributed by atoms with Gasteiger partial charge in [0.15, 0.2) is 5.17 Å². The van der Waals surface area contributed by atoms with Crippen molar-refractivity contribution in [3.8, 4) is 0 Å². The van der Waals surface area contributed by atoms with E-state index in [0.29, 0.717) is 0 Å². The van der Waals surface area contributed by atoms with E-state index in [9.17, 15) is 0 Å². The molecule has 0 rings (SSSR count). The number of hydrogen-bond donors (Lipinski definition) is 2. The fourth-order valence-corrected chi connectivity index (χ4v) is 2.28. The van der Waals surface area contributed by atoms with E-state index in [2.05, 4.69) is 6.92 Å². The van der Waals surface area contributed by atoms with Crippen LogP contribution in [0, 0.1) is 5.41 Å². The first-order valence-electron chi connectivity index (χ1n) is 3.82. The van der Waals surface area contributed by atoms with Crippen LogP contribution in [0.15, 0.2) is 0 Å². The summed E-state index contributed by atoms with van der Waals surface area (Å²) in [5, 5.41) is 7.18. The summed E-state index contributed by atoms with van der Waals surface area (Å²) < 4.78 is 0. The molecule has 0 aliphatic carbocycles. The van der Waals surface area contributed by atoms with Gasteiger partial charge < -0.3 is 5.73 Å². The minimum Gasteiger partial charge on any atom is -0.379 e. The van der Waals surface area contributed by atoms with Crippen molar-refractivity contribution < 1.29 is 0 Å². The van der Waals surface area contributed by atoms with Crippen LogP contribution in [0.25, 0.3) is 0 Å². The van der Waals surface area contributed by atoms with E-state index in [1.54, 1.807) is 0 Å². The monoisotopic (exact) mass is 272 g/mol. The molecule has 0 aliphatic heterocycles. The summed E-state index contributed by atoms with van der Waals surface area (Å²) in [4.78, 5) is 0. The van der Waals surface area contributed by atoms with Crippen molar-refractivity contribution in [1.82, 2.24) is 0 Å². The molecular weight excluding hydrogens is 256 g/mol. The third-order valence-electron chi connectivity index (χ3n) is 1.13. The molecule has 0 amide bonds. The van der Waals surface area contributed by atoms with E-state index in [1.165, 1.54) is 30.4 Å². The molecule has 0 atom stereocenters. The van der Waals surface area contributed by atoms with Crippen molar-refractivity contribution >= 4 is 45.7 Å². The van der Waals surface area contributed by atoms with Crippen LogP contribution in [0.3, 0.4) is 0 Å². The van der Waals surface area contributed by atoms with Gasteiger partial charge in [0.05, 0.1) is 0 Å². The van der Waals surface area contributed by atoms with Crippen molar-refractivity contribution in [2.24, 2.45) is 5.73 Å². The predicted molar refractivity (Wildman–Crippen MR) is 66.9 cm³/mol. The van der Waals surface area contributed by atoms with Crippen LogP contribution in [-0.4, -0.2) is 22.4 Å². The second-order valence-electron chi connectivity index (χ2n) is 2.18. The number of unbranched alkanes of at least 4 members (excludes halogenated alkanes) is 1. The maximum atomic E-state index is 6.94. The number of nitrogens with two attached hydrogens (primary N) is 1. The summed E-state index contributed by atoms with van der Waals surface area (Å²) in [5.74, 6) is 3.34. The number of nitrogens with one attached hydrogen (secondary N) is 1. The van der Waals surface area contributed by atoms with Gasteiger partial charge in [0, 0.05) is 11.5 Å². The van der Waals surface area contributed by atoms with Crippen LogP contribution >= 0.6 is 40.5 Å². The van der Waals surface area contributed by atoms with Crippen molar-refractivity contribution in [2.45, 2.75) is 19.8 Å². The number of thioether (sulfide) groups is 2. The first kappa shape index (κ1) is 15.1. The fourth-order valence-electron chi connectivity index (χ4n) is 0.559. The number of rotatable bonds is 6. The molecule has 0 aliphatic rings. The summed E-state index contributed by atoms with van der Waals surface area (Å²) in [6.45, 7) is 2.20. The van der Waals surface area contributed by atoms with Crippen molar-refractivity contribution in [1.29, 1.82) is 5.41 Å². The van der Waals surface area contributed by atoms with E-state index in [0.717, 1.165) is 11.5 Å². The van der Waals surface area contributed by atoms with Gasteiger partial charge in [0.2, 0.25) is 0 Å². The van der Waals surface area contributed by atoms with Gasteiger partial charge in [0.25, 0.3) is 0 Å². The summed E-state index contributed by atoms with van der Waals surface area (Å²) in [6, 6.07) is 0. The quantitative estimate of drug-likeness (QED) is 0.444. The third-order valence-corrected chi connectivity index (χ3v) is 3.18. The number of hydrogen-bond acceptors (Lipinski definition) is 3. The Kier molecular flexibility index (Phi) is 14.7. The predicted octanol–water partition coefficient (Wildman–Crippen LogP) is 2.72.